The molecule has 1 aliphatic heterocycles. The van der Waals surface area contributed by atoms with Gasteiger partial charge in [0.2, 0.25) is 5.95 Å². The van der Waals surface area contributed by atoms with E-state index < -0.39 is 6.10 Å². The van der Waals surface area contributed by atoms with Crippen LogP contribution in [0.15, 0.2) is 47.5 Å². The van der Waals surface area contributed by atoms with Crippen LogP contribution in [0.1, 0.15) is 12.1 Å². The van der Waals surface area contributed by atoms with Crippen molar-refractivity contribution < 1.29 is 9.90 Å². The zero-order valence-corrected chi connectivity index (χ0v) is 18.3. The van der Waals surface area contributed by atoms with Gasteiger partial charge in [0.05, 0.1) is 22.6 Å². The van der Waals surface area contributed by atoms with E-state index in [4.69, 9.17) is 0 Å². The quantitative estimate of drug-likeness (QED) is 0.346. The van der Waals surface area contributed by atoms with E-state index in [2.05, 4.69) is 51.8 Å². The van der Waals surface area contributed by atoms with E-state index >= 15 is 0 Å². The largest absolute Gasteiger partial charge is 0.391 e. The van der Waals surface area contributed by atoms with Gasteiger partial charge < -0.3 is 30.9 Å². The Morgan fingerprint density at radius 3 is 2.97 bits per heavy atom. The molecule has 3 heterocycles. The Balaban J connectivity index is 1.37. The predicted molar refractivity (Wildman–Crippen MR) is 121 cm³/mol. The summed E-state index contributed by atoms with van der Waals surface area (Å²) in [6, 6.07) is 7.09. The van der Waals surface area contributed by atoms with Gasteiger partial charge in [-0.25, -0.2) is 14.8 Å². The second-order valence-corrected chi connectivity index (χ2v) is 8.01. The van der Waals surface area contributed by atoms with Crippen molar-refractivity contribution in [3.05, 3.63) is 53.2 Å². The minimum Gasteiger partial charge on any atom is -0.391 e. The average molecular weight is 487 g/mol. The minimum atomic E-state index is -0.449. The maximum absolute atomic E-state index is 12.3. The minimum absolute atomic E-state index is 0.225. The molecule has 3 aromatic rings. The van der Waals surface area contributed by atoms with Crippen LogP contribution in [0.5, 0.6) is 0 Å². The zero-order chi connectivity index (χ0) is 21.6. The van der Waals surface area contributed by atoms with Crippen LogP contribution < -0.4 is 16.0 Å². The number of rotatable bonds is 7. The maximum atomic E-state index is 12.3. The van der Waals surface area contributed by atoms with E-state index in [1.165, 1.54) is 0 Å². The van der Waals surface area contributed by atoms with Crippen molar-refractivity contribution in [1.29, 1.82) is 0 Å². The molecule has 0 unspecified atom stereocenters. The number of urea groups is 1. The molecule has 0 saturated carbocycles. The normalized spacial score (nSPS) is 15.7. The lowest BCUT2D eigenvalue weighted by Crippen LogP contribution is -2.33. The molecule has 1 atom stereocenters. The molecule has 11 heteroatoms. The number of carbonyl (C=O) groups is 1. The van der Waals surface area contributed by atoms with E-state index in [1.54, 1.807) is 29.6 Å². The summed E-state index contributed by atoms with van der Waals surface area (Å²) in [6.07, 6.45) is 6.11. The van der Waals surface area contributed by atoms with Crippen molar-refractivity contribution in [2.75, 3.05) is 35.6 Å². The fourth-order valence-electron chi connectivity index (χ4n) is 3.22. The maximum Gasteiger partial charge on any atom is 0.321 e. The molecule has 162 valence electrons. The van der Waals surface area contributed by atoms with Crippen LogP contribution >= 0.6 is 15.9 Å². The molecule has 10 nitrogen and oxygen atoms in total. The lowest BCUT2D eigenvalue weighted by molar-refractivity contribution is 0.176. The molecule has 0 aliphatic carbocycles. The molecule has 1 saturated heterocycles. The first-order valence-corrected chi connectivity index (χ1v) is 10.7. The van der Waals surface area contributed by atoms with Crippen LogP contribution in [0.2, 0.25) is 0 Å². The Bertz CT molecular complexity index is 1030. The number of halogens is 1. The van der Waals surface area contributed by atoms with Gasteiger partial charge in [-0.1, -0.05) is 6.07 Å². The Hall–Kier alpha value is -3.18. The molecule has 0 bridgehead atoms. The number of amides is 2. The number of aliphatic hydroxyl groups is 1. The number of β-amino-alcohol motifs (C(OH)–C–C–N with tert-alkyl or cyclic N) is 1. The molecule has 31 heavy (non-hydrogen) atoms. The predicted octanol–water partition coefficient (Wildman–Crippen LogP) is 2.96. The van der Waals surface area contributed by atoms with Crippen LogP contribution in [0.25, 0.3) is 0 Å². The van der Waals surface area contributed by atoms with Gasteiger partial charge in [0.1, 0.15) is 5.82 Å². The zero-order valence-electron chi connectivity index (χ0n) is 16.7. The number of aliphatic hydroxyl groups excluding tert-OH is 1. The molecule has 2 aromatic heterocycles. The van der Waals surface area contributed by atoms with Crippen LogP contribution in [0.3, 0.4) is 0 Å². The topological polar surface area (TPSA) is 131 Å². The van der Waals surface area contributed by atoms with Gasteiger partial charge in [0, 0.05) is 49.8 Å². The number of nitrogens with zero attached hydrogens (tertiary/aromatic N) is 4. The van der Waals surface area contributed by atoms with E-state index in [0.29, 0.717) is 43.5 Å². The summed E-state index contributed by atoms with van der Waals surface area (Å²) < 4.78 is 0.758. The fourth-order valence-corrected chi connectivity index (χ4v) is 3.55. The van der Waals surface area contributed by atoms with Gasteiger partial charge in [-0.15, -0.1) is 0 Å². The summed E-state index contributed by atoms with van der Waals surface area (Å²) in [5, 5.41) is 18.9. The lowest BCUT2D eigenvalue weighted by atomic mass is 10.3. The number of likely N-dealkylation sites (tertiary alicyclic amines) is 1. The number of benzene rings is 1. The second kappa shape index (κ2) is 9.75. The highest BCUT2D eigenvalue weighted by Crippen LogP contribution is 2.23. The summed E-state index contributed by atoms with van der Waals surface area (Å²) in [5.74, 6) is 1.10. The van der Waals surface area contributed by atoms with Crippen LogP contribution in [0, 0.1) is 0 Å². The van der Waals surface area contributed by atoms with Gasteiger partial charge in [-0.05, 0) is 40.5 Å². The summed E-state index contributed by atoms with van der Waals surface area (Å²) in [6.45, 7) is 1.58. The lowest BCUT2D eigenvalue weighted by Gasteiger charge is -2.17. The van der Waals surface area contributed by atoms with Crippen molar-refractivity contribution in [1.82, 2.24) is 24.8 Å². The van der Waals surface area contributed by atoms with Crippen molar-refractivity contribution in [2.45, 2.75) is 18.9 Å². The van der Waals surface area contributed by atoms with Crippen molar-refractivity contribution in [3.8, 4) is 0 Å². The van der Waals surface area contributed by atoms with Crippen LogP contribution in [0.4, 0.5) is 27.9 Å². The van der Waals surface area contributed by atoms with E-state index in [9.17, 15) is 9.90 Å². The molecule has 5 N–H and O–H groups in total. The third kappa shape index (κ3) is 5.70. The Labute approximate surface area is 187 Å². The summed E-state index contributed by atoms with van der Waals surface area (Å²) in [4.78, 5) is 29.9. The first kappa shape index (κ1) is 21.1. The highest BCUT2D eigenvalue weighted by molar-refractivity contribution is 9.10. The standard InChI is InChI=1S/C20H23BrN8O2/c21-17-10-24-19(28-18(17)23-6-4-15-9-22-12-25-15)26-13-2-1-3-14(8-13)27-20(31)29-7-5-16(30)11-29/h1-3,8-10,12,16,30H,4-7,11H2,(H,22,25)(H,27,31)(H2,23,24,26,28)/t16-/m0/s1. The molecule has 1 aromatic carbocycles. The molecular weight excluding hydrogens is 464 g/mol. The smallest absolute Gasteiger partial charge is 0.321 e. The van der Waals surface area contributed by atoms with E-state index in [1.807, 2.05) is 18.3 Å². The third-order valence-electron chi connectivity index (χ3n) is 4.79. The molecule has 2 amide bonds. The highest BCUT2D eigenvalue weighted by Gasteiger charge is 2.24. The molecule has 1 aliphatic rings. The number of hydrogen-bond acceptors (Lipinski definition) is 7. The van der Waals surface area contributed by atoms with Crippen molar-refractivity contribution in [2.24, 2.45) is 0 Å². The number of aromatic nitrogens is 4. The molecule has 1 fully saturated rings. The van der Waals surface area contributed by atoms with Gasteiger partial charge in [0.15, 0.2) is 0 Å². The fraction of sp³-hybridized carbons (Fsp3) is 0.300. The highest BCUT2D eigenvalue weighted by atomic mass is 79.9. The SMILES string of the molecule is O=C(Nc1cccc(Nc2ncc(Br)c(NCCc3c[nH]cn3)n2)c1)N1CC[C@H](O)C1. The van der Waals surface area contributed by atoms with E-state index in [0.717, 1.165) is 22.3 Å². The van der Waals surface area contributed by atoms with Crippen molar-refractivity contribution in [3.63, 3.8) is 0 Å². The number of imidazole rings is 1. The number of nitrogens with one attached hydrogen (secondary N) is 4. The van der Waals surface area contributed by atoms with Gasteiger partial charge in [-0.2, -0.15) is 4.98 Å². The molecule has 0 spiro atoms. The number of carbonyl (C=O) groups excluding carboxylic acids is 1. The van der Waals surface area contributed by atoms with Crippen LogP contribution in [-0.2, 0) is 6.42 Å². The first-order valence-electron chi connectivity index (χ1n) is 9.92. The van der Waals surface area contributed by atoms with E-state index in [-0.39, 0.29) is 6.03 Å². The van der Waals surface area contributed by atoms with Crippen molar-refractivity contribution >= 4 is 45.1 Å². The Morgan fingerprint density at radius 1 is 1.32 bits per heavy atom. The summed E-state index contributed by atoms with van der Waals surface area (Å²) >= 11 is 3.46. The first-order chi connectivity index (χ1) is 15.1. The number of aromatic amines is 1. The average Bonchev–Trinajstić information content (AvgIpc) is 3.42. The van der Waals surface area contributed by atoms with Gasteiger partial charge >= 0.3 is 6.03 Å². The summed E-state index contributed by atoms with van der Waals surface area (Å²) in [5.41, 5.74) is 2.35. The Morgan fingerprint density at radius 2 is 2.19 bits per heavy atom. The Kier molecular flexibility index (Phi) is 6.63. The number of anilines is 4. The number of H-pyrrole nitrogens is 1. The number of hydrogen-bond donors (Lipinski definition) is 5. The third-order valence-corrected chi connectivity index (χ3v) is 5.37. The molecular formula is C20H23BrN8O2. The summed E-state index contributed by atoms with van der Waals surface area (Å²) in [7, 11) is 0. The van der Waals surface area contributed by atoms with Crippen LogP contribution in [-0.4, -0.2) is 61.7 Å². The monoisotopic (exact) mass is 486 g/mol. The molecule has 4 rings (SSSR count). The van der Waals surface area contributed by atoms with Gasteiger partial charge in [0.25, 0.3) is 0 Å². The van der Waals surface area contributed by atoms with Gasteiger partial charge in [-0.3, -0.25) is 0 Å². The molecule has 0 radical (unpaired) electrons. The second-order valence-electron chi connectivity index (χ2n) is 7.15.